The predicted molar refractivity (Wildman–Crippen MR) is 161 cm³/mol. The normalized spacial score (nSPS) is 15.8. The average molecular weight is 628 g/mol. The summed E-state index contributed by atoms with van der Waals surface area (Å²) in [6.07, 6.45) is 17.5. The molecule has 0 spiro atoms. The Kier molecular flexibility index (Phi) is 20.6. The van der Waals surface area contributed by atoms with Crippen LogP contribution in [0.2, 0.25) is 0 Å². The fraction of sp³-hybridized carbons (Fsp3) is 0.533. The second-order valence-electron chi connectivity index (χ2n) is 9.26. The van der Waals surface area contributed by atoms with Crippen LogP contribution in [0.3, 0.4) is 0 Å². The van der Waals surface area contributed by atoms with Crippen LogP contribution < -0.4 is 5.73 Å². The van der Waals surface area contributed by atoms with E-state index in [4.69, 9.17) is 15.2 Å². The zero-order valence-electron chi connectivity index (χ0n) is 22.7. The Morgan fingerprint density at radius 3 is 2.38 bits per heavy atom. The van der Waals surface area contributed by atoms with Gasteiger partial charge in [0, 0.05) is 18.8 Å². The van der Waals surface area contributed by atoms with E-state index < -0.39 is 18.3 Å². The van der Waals surface area contributed by atoms with Crippen molar-refractivity contribution in [2.75, 3.05) is 0 Å². The maximum atomic E-state index is 12.6. The van der Waals surface area contributed by atoms with Crippen LogP contribution in [0.4, 0.5) is 4.79 Å². The van der Waals surface area contributed by atoms with Crippen molar-refractivity contribution in [3.63, 3.8) is 0 Å². The van der Waals surface area contributed by atoms with Crippen LogP contribution >= 0.6 is 22.6 Å². The number of carbonyl (C=O) groups is 2. The lowest BCUT2D eigenvalue weighted by Gasteiger charge is -2.23. The quantitative estimate of drug-likeness (QED) is 0.0475. The number of primary amides is 1. The number of hydrogen-bond donors (Lipinski definition) is 2. The van der Waals surface area contributed by atoms with Gasteiger partial charge in [-0.15, -0.1) is 13.2 Å². The first-order chi connectivity index (χ1) is 17.6. The van der Waals surface area contributed by atoms with Gasteiger partial charge in [-0.2, -0.15) is 0 Å². The first-order valence-electron chi connectivity index (χ1n) is 13.0. The number of amides is 1. The van der Waals surface area contributed by atoms with Gasteiger partial charge in [-0.3, -0.25) is 4.79 Å². The summed E-state index contributed by atoms with van der Waals surface area (Å²) in [5, 5.41) is 9.89. The highest BCUT2D eigenvalue weighted by Gasteiger charge is 2.21. The van der Waals surface area contributed by atoms with Crippen LogP contribution in [0.5, 0.6) is 0 Å². The van der Waals surface area contributed by atoms with Gasteiger partial charge in [0.05, 0.1) is 0 Å². The lowest BCUT2D eigenvalue weighted by atomic mass is 9.95. The van der Waals surface area contributed by atoms with Crippen molar-refractivity contribution >= 4 is 34.7 Å². The Morgan fingerprint density at radius 1 is 1.05 bits per heavy atom. The van der Waals surface area contributed by atoms with Crippen molar-refractivity contribution in [3.8, 4) is 0 Å². The Labute approximate surface area is 237 Å². The Balaban J connectivity index is 5.08. The molecule has 0 unspecified atom stereocenters. The van der Waals surface area contributed by atoms with Crippen LogP contribution in [0, 0.1) is 5.92 Å². The Bertz CT molecular complexity index is 815. The zero-order chi connectivity index (χ0) is 28.1. The Hall–Kier alpha value is -2.13. The first kappa shape index (κ1) is 34.9. The number of hydrogen-bond acceptors (Lipinski definition) is 5. The Morgan fingerprint density at radius 2 is 1.76 bits per heavy atom. The smallest absolute Gasteiger partial charge is 0.404 e. The molecule has 0 aliphatic heterocycles. The number of ether oxygens (including phenoxy) is 2. The summed E-state index contributed by atoms with van der Waals surface area (Å²) in [5.41, 5.74) is 7.28. The third-order valence-electron chi connectivity index (χ3n) is 5.81. The lowest BCUT2D eigenvalue weighted by molar-refractivity contribution is -0.150. The molecule has 0 aromatic carbocycles. The number of halogens is 1. The highest BCUT2D eigenvalue weighted by Crippen LogP contribution is 2.21. The van der Waals surface area contributed by atoms with Crippen molar-refractivity contribution < 1.29 is 24.2 Å². The summed E-state index contributed by atoms with van der Waals surface area (Å²) in [5.74, 6) is -0.0933. The molecule has 0 aromatic heterocycles. The molecule has 7 heteroatoms. The second-order valence-corrected chi connectivity index (χ2v) is 9.98. The van der Waals surface area contributed by atoms with Crippen molar-refractivity contribution in [3.05, 3.63) is 70.9 Å². The fourth-order valence-corrected chi connectivity index (χ4v) is 4.29. The van der Waals surface area contributed by atoms with Crippen LogP contribution in [0.15, 0.2) is 70.9 Å². The molecule has 0 radical (unpaired) electrons. The molecular formula is C30H46INO5. The topological polar surface area (TPSA) is 98.9 Å². The number of nitrogens with two attached hydrogens (primary N) is 1. The number of esters is 1. The average Bonchev–Trinajstić information content (AvgIpc) is 2.84. The van der Waals surface area contributed by atoms with Crippen LogP contribution in [-0.4, -0.2) is 35.5 Å². The summed E-state index contributed by atoms with van der Waals surface area (Å²) < 4.78 is 12.9. The van der Waals surface area contributed by atoms with Gasteiger partial charge in [-0.25, -0.2) is 4.79 Å². The SMILES string of the molecule is C=CCCCCCCC(=O)O[C@H](C/C(C)=C/C=C/CC[C@H](OC(N)=O)[C@@H](O)C=C)[C@H](C)/C=C(C)/C=C/I. The van der Waals surface area contributed by atoms with Crippen LogP contribution in [0.1, 0.15) is 78.6 Å². The van der Waals surface area contributed by atoms with Gasteiger partial charge in [0.25, 0.3) is 0 Å². The summed E-state index contributed by atoms with van der Waals surface area (Å²) >= 11 is 2.19. The molecule has 4 atom stereocenters. The standard InChI is InChI=1S/C30H46INO5/c1-6-8-9-10-11-15-18-29(34)36-28(25(5)21-24(4)19-20-31)22-23(3)16-13-12-14-17-27(26(33)7-2)37-30(32)35/h6-7,12-13,16,19-21,25-28,33H,1-2,8-11,14-15,17-18,22H2,3-5H3,(H2,32,35)/b13-12+,20-19+,23-16+,24-21+/t25-,26+,27+,28-/m1/s1. The molecule has 0 heterocycles. The highest BCUT2D eigenvalue weighted by molar-refractivity contribution is 14.1. The molecule has 6 nitrogen and oxygen atoms in total. The van der Waals surface area contributed by atoms with Gasteiger partial charge >= 0.3 is 12.1 Å². The minimum atomic E-state index is -0.971. The van der Waals surface area contributed by atoms with Gasteiger partial charge in [0.2, 0.25) is 0 Å². The third kappa shape index (κ3) is 18.7. The van der Waals surface area contributed by atoms with E-state index in [2.05, 4.69) is 48.7 Å². The van der Waals surface area contributed by atoms with E-state index in [1.807, 2.05) is 48.3 Å². The van der Waals surface area contributed by atoms with E-state index in [9.17, 15) is 14.7 Å². The number of carbonyl (C=O) groups excluding carboxylic acids is 2. The van der Waals surface area contributed by atoms with Gasteiger partial charge < -0.3 is 20.3 Å². The first-order valence-corrected chi connectivity index (χ1v) is 14.2. The molecule has 1 amide bonds. The molecule has 0 rings (SSSR count). The molecule has 37 heavy (non-hydrogen) atoms. The van der Waals surface area contributed by atoms with Crippen LogP contribution in [0.25, 0.3) is 0 Å². The summed E-state index contributed by atoms with van der Waals surface area (Å²) in [7, 11) is 0. The summed E-state index contributed by atoms with van der Waals surface area (Å²) in [6.45, 7) is 13.4. The van der Waals surface area contributed by atoms with Crippen molar-refractivity contribution in [2.24, 2.45) is 11.7 Å². The number of aliphatic hydroxyl groups is 1. The largest absolute Gasteiger partial charge is 0.461 e. The van der Waals surface area contributed by atoms with Crippen molar-refractivity contribution in [1.29, 1.82) is 0 Å². The van der Waals surface area contributed by atoms with Crippen LogP contribution in [-0.2, 0) is 14.3 Å². The molecule has 0 aromatic rings. The number of allylic oxidation sites excluding steroid dienone is 6. The van der Waals surface area contributed by atoms with E-state index in [-0.39, 0.29) is 18.0 Å². The van der Waals surface area contributed by atoms with E-state index in [0.717, 1.165) is 43.3 Å². The third-order valence-corrected chi connectivity index (χ3v) is 6.17. The summed E-state index contributed by atoms with van der Waals surface area (Å²) in [6, 6.07) is 0. The van der Waals surface area contributed by atoms with E-state index in [1.54, 1.807) is 0 Å². The molecule has 0 saturated carbocycles. The molecule has 0 bridgehead atoms. The lowest BCUT2D eigenvalue weighted by Crippen LogP contribution is -2.32. The second kappa shape index (κ2) is 21.9. The van der Waals surface area contributed by atoms with Gasteiger partial charge in [-0.1, -0.05) is 96.0 Å². The number of aliphatic hydroxyl groups excluding tert-OH is 1. The van der Waals surface area contributed by atoms with Gasteiger partial charge in [0.15, 0.2) is 0 Å². The maximum Gasteiger partial charge on any atom is 0.404 e. The summed E-state index contributed by atoms with van der Waals surface area (Å²) in [4.78, 5) is 23.6. The van der Waals surface area contributed by atoms with E-state index >= 15 is 0 Å². The zero-order valence-corrected chi connectivity index (χ0v) is 24.9. The van der Waals surface area contributed by atoms with E-state index in [1.165, 1.54) is 6.08 Å². The van der Waals surface area contributed by atoms with Gasteiger partial charge in [0.1, 0.15) is 18.3 Å². The fourth-order valence-electron chi connectivity index (χ4n) is 3.73. The number of unbranched alkanes of at least 4 members (excludes halogenated alkanes) is 4. The monoisotopic (exact) mass is 627 g/mol. The molecule has 0 fully saturated rings. The minimum absolute atomic E-state index is 0.0589. The van der Waals surface area contributed by atoms with E-state index in [0.29, 0.717) is 25.7 Å². The minimum Gasteiger partial charge on any atom is -0.461 e. The van der Waals surface area contributed by atoms with Crippen molar-refractivity contribution in [1.82, 2.24) is 0 Å². The molecular weight excluding hydrogens is 581 g/mol. The van der Waals surface area contributed by atoms with Crippen molar-refractivity contribution in [2.45, 2.75) is 96.9 Å². The molecule has 0 aliphatic rings. The number of rotatable bonds is 20. The molecule has 0 aliphatic carbocycles. The molecule has 3 N–H and O–H groups in total. The van der Waals surface area contributed by atoms with Gasteiger partial charge in [-0.05, 0) is 50.0 Å². The maximum absolute atomic E-state index is 12.6. The molecule has 208 valence electrons. The predicted octanol–water partition coefficient (Wildman–Crippen LogP) is 7.64. The molecule has 0 saturated heterocycles. The highest BCUT2D eigenvalue weighted by atomic mass is 127.